The zero-order chi connectivity index (χ0) is 14.5. The Labute approximate surface area is 125 Å². The molecule has 0 spiro atoms. The van der Waals surface area contributed by atoms with Gasteiger partial charge in [0.2, 0.25) is 0 Å². The number of allylic oxidation sites excluding steroid dienone is 2. The molecule has 0 aromatic carbocycles. The number of epoxide rings is 1. The Balaban J connectivity index is 1.72. The Bertz CT molecular complexity index is 238. The van der Waals surface area contributed by atoms with Crippen molar-refractivity contribution in [2.24, 2.45) is 0 Å². The highest BCUT2D eigenvalue weighted by Crippen LogP contribution is 2.25. The third-order valence-electron chi connectivity index (χ3n) is 4.13. The highest BCUT2D eigenvalue weighted by Gasteiger charge is 2.36. The maximum absolute atomic E-state index is 8.84. The number of unbranched alkanes of at least 4 members (excludes halogenated alkanes) is 9. The first-order valence-electron chi connectivity index (χ1n) is 8.79. The van der Waals surface area contributed by atoms with E-state index in [0.29, 0.717) is 6.10 Å². The second-order valence-corrected chi connectivity index (χ2v) is 6.06. The first kappa shape index (κ1) is 17.7. The molecule has 1 N–H and O–H groups in total. The fourth-order valence-corrected chi connectivity index (χ4v) is 2.66. The number of rotatable bonds is 14. The monoisotopic (exact) mass is 282 g/mol. The Hall–Kier alpha value is -0.340. The van der Waals surface area contributed by atoms with Crippen molar-refractivity contribution in [3.05, 3.63) is 12.2 Å². The molecule has 2 nitrogen and oxygen atoms in total. The maximum Gasteiger partial charge on any atom is 0.107 e. The predicted molar refractivity (Wildman–Crippen MR) is 86.0 cm³/mol. The van der Waals surface area contributed by atoms with Gasteiger partial charge in [-0.2, -0.15) is 0 Å². The lowest BCUT2D eigenvalue weighted by atomic mass is 10.1. The van der Waals surface area contributed by atoms with E-state index >= 15 is 0 Å². The number of aliphatic hydroxyl groups excluding tert-OH is 1. The van der Waals surface area contributed by atoms with Crippen LogP contribution in [0.3, 0.4) is 0 Å². The lowest BCUT2D eigenvalue weighted by molar-refractivity contribution is 0.241. The van der Waals surface area contributed by atoms with Crippen molar-refractivity contribution in [2.75, 3.05) is 6.61 Å². The summed E-state index contributed by atoms with van der Waals surface area (Å²) in [7, 11) is 0. The highest BCUT2D eigenvalue weighted by molar-refractivity contribution is 4.89. The molecule has 0 saturated carbocycles. The van der Waals surface area contributed by atoms with Crippen LogP contribution in [0.1, 0.15) is 84.0 Å². The zero-order valence-corrected chi connectivity index (χ0v) is 13.4. The maximum atomic E-state index is 8.84. The van der Waals surface area contributed by atoms with Gasteiger partial charge in [0, 0.05) is 0 Å². The quantitative estimate of drug-likeness (QED) is 0.276. The summed E-state index contributed by atoms with van der Waals surface area (Å²) in [6.45, 7) is 2.46. The summed E-state index contributed by atoms with van der Waals surface area (Å²) in [6, 6.07) is 0. The number of ether oxygens (including phenoxy) is 1. The van der Waals surface area contributed by atoms with E-state index < -0.39 is 0 Å². The Kier molecular flexibility index (Phi) is 11.0. The van der Waals surface area contributed by atoms with Crippen LogP contribution in [-0.4, -0.2) is 23.9 Å². The largest absolute Gasteiger partial charge is 0.394 e. The number of aliphatic hydroxyl groups is 1. The van der Waals surface area contributed by atoms with Crippen LogP contribution in [0.4, 0.5) is 0 Å². The van der Waals surface area contributed by atoms with Crippen LogP contribution in [0.25, 0.3) is 0 Å². The fraction of sp³-hybridized carbons (Fsp3) is 0.889. The second kappa shape index (κ2) is 12.4. The van der Waals surface area contributed by atoms with Crippen LogP contribution in [-0.2, 0) is 4.74 Å². The van der Waals surface area contributed by atoms with Gasteiger partial charge in [-0.1, -0.05) is 70.4 Å². The molecule has 1 fully saturated rings. The van der Waals surface area contributed by atoms with Gasteiger partial charge in [-0.25, -0.2) is 0 Å². The molecular weight excluding hydrogens is 248 g/mol. The van der Waals surface area contributed by atoms with Gasteiger partial charge in [0.25, 0.3) is 0 Å². The number of hydrogen-bond donors (Lipinski definition) is 1. The smallest absolute Gasteiger partial charge is 0.107 e. The first-order valence-corrected chi connectivity index (χ1v) is 8.79. The molecule has 1 aliphatic heterocycles. The van der Waals surface area contributed by atoms with Crippen molar-refractivity contribution in [3.8, 4) is 0 Å². The van der Waals surface area contributed by atoms with Crippen molar-refractivity contribution in [1.82, 2.24) is 0 Å². The molecule has 118 valence electrons. The molecular formula is C18H34O2. The molecule has 20 heavy (non-hydrogen) atoms. The highest BCUT2D eigenvalue weighted by atomic mass is 16.6. The molecule has 0 radical (unpaired) electrons. The van der Waals surface area contributed by atoms with Gasteiger partial charge in [0.05, 0.1) is 12.7 Å². The summed E-state index contributed by atoms with van der Waals surface area (Å²) in [6.07, 6.45) is 21.1. The molecule has 2 atom stereocenters. The molecule has 1 heterocycles. The average molecular weight is 282 g/mol. The topological polar surface area (TPSA) is 32.8 Å². The van der Waals surface area contributed by atoms with Crippen molar-refractivity contribution in [1.29, 1.82) is 0 Å². The van der Waals surface area contributed by atoms with Crippen LogP contribution in [0.2, 0.25) is 0 Å². The molecule has 0 aromatic heterocycles. The van der Waals surface area contributed by atoms with E-state index in [1.165, 1.54) is 64.2 Å². The van der Waals surface area contributed by atoms with Crippen LogP contribution in [0.15, 0.2) is 12.2 Å². The Morgan fingerprint density at radius 3 is 2.00 bits per heavy atom. The lowest BCUT2D eigenvalue weighted by Gasteiger charge is -2.00. The van der Waals surface area contributed by atoms with Gasteiger partial charge in [0.15, 0.2) is 0 Å². The SMILES string of the molecule is CCCCCCCCCCC/C=C/CC[C@@H]1O[C@H]1CO. The zero-order valence-electron chi connectivity index (χ0n) is 13.4. The summed E-state index contributed by atoms with van der Waals surface area (Å²) in [4.78, 5) is 0. The van der Waals surface area contributed by atoms with Gasteiger partial charge < -0.3 is 9.84 Å². The van der Waals surface area contributed by atoms with Gasteiger partial charge in [-0.3, -0.25) is 0 Å². The Morgan fingerprint density at radius 1 is 0.800 bits per heavy atom. The predicted octanol–water partition coefficient (Wildman–Crippen LogP) is 5.00. The van der Waals surface area contributed by atoms with Crippen molar-refractivity contribution in [2.45, 2.75) is 96.2 Å². The van der Waals surface area contributed by atoms with Crippen LogP contribution in [0, 0.1) is 0 Å². The number of hydrogen-bond acceptors (Lipinski definition) is 2. The molecule has 0 unspecified atom stereocenters. The van der Waals surface area contributed by atoms with E-state index in [0.717, 1.165) is 12.8 Å². The van der Waals surface area contributed by atoms with Crippen LogP contribution >= 0.6 is 0 Å². The third kappa shape index (κ3) is 9.55. The van der Waals surface area contributed by atoms with Crippen molar-refractivity contribution in [3.63, 3.8) is 0 Å². The van der Waals surface area contributed by atoms with Crippen molar-refractivity contribution >= 4 is 0 Å². The van der Waals surface area contributed by atoms with Gasteiger partial charge in [-0.15, -0.1) is 0 Å². The standard InChI is InChI=1S/C18H34O2/c1-2-3-4-5-6-7-8-9-10-11-12-13-14-15-17-18(16-19)20-17/h12-13,17-19H,2-11,14-16H2,1H3/b13-12+/t17-,18-/m0/s1. The molecule has 0 aliphatic carbocycles. The molecule has 2 heteroatoms. The Morgan fingerprint density at radius 2 is 1.40 bits per heavy atom. The first-order chi connectivity index (χ1) is 9.88. The van der Waals surface area contributed by atoms with Gasteiger partial charge in [-0.05, 0) is 25.7 Å². The summed E-state index contributed by atoms with van der Waals surface area (Å²) in [5.41, 5.74) is 0. The van der Waals surface area contributed by atoms with E-state index in [1.54, 1.807) is 0 Å². The summed E-state index contributed by atoms with van der Waals surface area (Å²) < 4.78 is 5.29. The van der Waals surface area contributed by atoms with Gasteiger partial charge in [0.1, 0.15) is 6.10 Å². The summed E-state index contributed by atoms with van der Waals surface area (Å²) in [5.74, 6) is 0. The minimum atomic E-state index is 0.140. The van der Waals surface area contributed by atoms with Crippen molar-refractivity contribution < 1.29 is 9.84 Å². The van der Waals surface area contributed by atoms with Crippen LogP contribution in [0.5, 0.6) is 0 Å². The van der Waals surface area contributed by atoms with Crippen LogP contribution < -0.4 is 0 Å². The van der Waals surface area contributed by atoms with E-state index in [9.17, 15) is 0 Å². The second-order valence-electron chi connectivity index (χ2n) is 6.06. The molecule has 1 rings (SSSR count). The molecule has 0 bridgehead atoms. The van der Waals surface area contributed by atoms with E-state index in [2.05, 4.69) is 19.1 Å². The van der Waals surface area contributed by atoms with E-state index in [1.807, 2.05) is 0 Å². The molecule has 1 aliphatic rings. The summed E-state index contributed by atoms with van der Waals surface area (Å²) in [5, 5.41) is 8.84. The van der Waals surface area contributed by atoms with Gasteiger partial charge >= 0.3 is 0 Å². The van der Waals surface area contributed by atoms with E-state index in [4.69, 9.17) is 9.84 Å². The third-order valence-corrected chi connectivity index (χ3v) is 4.13. The minimum absolute atomic E-state index is 0.140. The minimum Gasteiger partial charge on any atom is -0.394 e. The summed E-state index contributed by atoms with van der Waals surface area (Å²) >= 11 is 0. The lowest BCUT2D eigenvalue weighted by Crippen LogP contribution is -1.97. The molecule has 0 aromatic rings. The fourth-order valence-electron chi connectivity index (χ4n) is 2.66. The average Bonchev–Trinajstić information content (AvgIpc) is 3.22. The molecule has 1 saturated heterocycles. The van der Waals surface area contributed by atoms with E-state index in [-0.39, 0.29) is 12.7 Å². The molecule has 0 amide bonds. The normalized spacial score (nSPS) is 21.7.